The standard InChI is InChI=1S/C28H29N5O4/c1-18(2)23(24(36)26-31-32-27(37-26)28(3,4)20-13-9-6-10-14-20)30-21(34)17-33-22(35)15-16-29-25(33)19-11-7-5-8-12-19/h5-16,18,23H,17H2,1-4H3,(H,30,34)/t23-/m1/s1. The van der Waals surface area contributed by atoms with Gasteiger partial charge in [0.15, 0.2) is 0 Å². The molecule has 0 radical (unpaired) electrons. The summed E-state index contributed by atoms with van der Waals surface area (Å²) in [5, 5.41) is 10.9. The lowest BCUT2D eigenvalue weighted by molar-refractivity contribution is -0.122. The minimum atomic E-state index is -0.923. The number of hydrogen-bond acceptors (Lipinski definition) is 7. The van der Waals surface area contributed by atoms with Crippen molar-refractivity contribution in [2.75, 3.05) is 0 Å². The van der Waals surface area contributed by atoms with Gasteiger partial charge in [0.1, 0.15) is 12.4 Å². The summed E-state index contributed by atoms with van der Waals surface area (Å²) < 4.78 is 7.08. The second kappa shape index (κ2) is 10.7. The van der Waals surface area contributed by atoms with Gasteiger partial charge in [-0.25, -0.2) is 4.98 Å². The largest absolute Gasteiger partial charge is 0.417 e. The highest BCUT2D eigenvalue weighted by Gasteiger charge is 2.34. The van der Waals surface area contributed by atoms with Crippen LogP contribution in [0.5, 0.6) is 0 Å². The number of nitrogens with zero attached hydrogens (tertiary/aromatic N) is 4. The van der Waals surface area contributed by atoms with Crippen LogP contribution in [0.1, 0.15) is 49.8 Å². The van der Waals surface area contributed by atoms with E-state index in [1.165, 1.54) is 16.8 Å². The number of nitrogens with one attached hydrogen (secondary N) is 1. The Morgan fingerprint density at radius 3 is 2.27 bits per heavy atom. The number of amides is 1. The Morgan fingerprint density at radius 1 is 0.973 bits per heavy atom. The second-order valence-electron chi connectivity index (χ2n) is 9.62. The van der Waals surface area contributed by atoms with Crippen LogP contribution in [0, 0.1) is 5.92 Å². The van der Waals surface area contributed by atoms with Crippen molar-refractivity contribution in [3.63, 3.8) is 0 Å². The predicted octanol–water partition coefficient (Wildman–Crippen LogP) is 3.64. The van der Waals surface area contributed by atoms with Crippen molar-refractivity contribution in [2.45, 2.75) is 45.7 Å². The van der Waals surface area contributed by atoms with Gasteiger partial charge in [-0.1, -0.05) is 74.5 Å². The van der Waals surface area contributed by atoms with E-state index in [9.17, 15) is 14.4 Å². The fourth-order valence-corrected chi connectivity index (χ4v) is 3.99. The lowest BCUT2D eigenvalue weighted by atomic mass is 9.85. The molecule has 2 heterocycles. The topological polar surface area (TPSA) is 120 Å². The van der Waals surface area contributed by atoms with E-state index in [1.807, 2.05) is 62.4 Å². The molecule has 0 aliphatic rings. The van der Waals surface area contributed by atoms with Crippen LogP contribution >= 0.6 is 0 Å². The maximum Gasteiger partial charge on any atom is 0.286 e. The molecule has 9 heteroatoms. The van der Waals surface area contributed by atoms with E-state index in [1.54, 1.807) is 26.0 Å². The van der Waals surface area contributed by atoms with E-state index in [4.69, 9.17) is 4.42 Å². The summed E-state index contributed by atoms with van der Waals surface area (Å²) in [6, 6.07) is 19.1. The van der Waals surface area contributed by atoms with Gasteiger partial charge >= 0.3 is 0 Å². The molecule has 0 saturated heterocycles. The Morgan fingerprint density at radius 2 is 1.62 bits per heavy atom. The fourth-order valence-electron chi connectivity index (χ4n) is 3.99. The van der Waals surface area contributed by atoms with Crippen LogP contribution in [0.4, 0.5) is 0 Å². The highest BCUT2D eigenvalue weighted by molar-refractivity contribution is 5.98. The summed E-state index contributed by atoms with van der Waals surface area (Å²) >= 11 is 0. The smallest absolute Gasteiger partial charge is 0.286 e. The SMILES string of the molecule is CC(C)[C@@H](NC(=O)Cn1c(-c2ccccc2)nccc1=O)C(=O)c1nnc(C(C)(C)c2ccccc2)o1. The van der Waals surface area contributed by atoms with Crippen molar-refractivity contribution < 1.29 is 14.0 Å². The molecular weight excluding hydrogens is 470 g/mol. The molecule has 190 valence electrons. The Bertz CT molecular complexity index is 1440. The monoisotopic (exact) mass is 499 g/mol. The van der Waals surface area contributed by atoms with E-state index in [0.717, 1.165) is 5.56 Å². The molecule has 1 atom stereocenters. The summed E-state index contributed by atoms with van der Waals surface area (Å²) in [4.78, 5) is 43.2. The molecule has 0 unspecified atom stereocenters. The molecule has 1 N–H and O–H groups in total. The second-order valence-corrected chi connectivity index (χ2v) is 9.62. The molecule has 2 aromatic heterocycles. The molecule has 4 rings (SSSR count). The Labute approximate surface area is 214 Å². The van der Waals surface area contributed by atoms with Crippen LogP contribution in [0.3, 0.4) is 0 Å². The molecule has 0 aliphatic heterocycles. The first-order chi connectivity index (χ1) is 17.7. The quantitative estimate of drug-likeness (QED) is 0.349. The summed E-state index contributed by atoms with van der Waals surface area (Å²) in [7, 11) is 0. The number of aromatic nitrogens is 4. The normalized spacial score (nSPS) is 12.4. The van der Waals surface area contributed by atoms with Crippen molar-refractivity contribution in [1.82, 2.24) is 25.1 Å². The molecule has 4 aromatic rings. The van der Waals surface area contributed by atoms with E-state index in [-0.39, 0.29) is 23.9 Å². The number of carbonyl (C=O) groups excluding carboxylic acids is 2. The first-order valence-electron chi connectivity index (χ1n) is 12.0. The average molecular weight is 500 g/mol. The lowest BCUT2D eigenvalue weighted by Gasteiger charge is -2.21. The minimum absolute atomic E-state index is 0.179. The van der Waals surface area contributed by atoms with Crippen LogP contribution in [-0.4, -0.2) is 37.5 Å². The zero-order valence-corrected chi connectivity index (χ0v) is 21.2. The van der Waals surface area contributed by atoms with Crippen LogP contribution < -0.4 is 10.9 Å². The van der Waals surface area contributed by atoms with Gasteiger partial charge in [-0.15, -0.1) is 10.2 Å². The van der Waals surface area contributed by atoms with E-state index < -0.39 is 23.1 Å². The van der Waals surface area contributed by atoms with Crippen molar-refractivity contribution in [3.05, 3.63) is 101 Å². The molecule has 2 aromatic carbocycles. The van der Waals surface area contributed by atoms with E-state index in [0.29, 0.717) is 17.3 Å². The molecule has 0 bridgehead atoms. The van der Waals surface area contributed by atoms with Crippen LogP contribution in [0.25, 0.3) is 11.4 Å². The zero-order valence-electron chi connectivity index (χ0n) is 21.2. The number of benzene rings is 2. The van der Waals surface area contributed by atoms with E-state index >= 15 is 0 Å². The number of carbonyl (C=O) groups is 2. The zero-order chi connectivity index (χ0) is 26.6. The molecule has 0 spiro atoms. The van der Waals surface area contributed by atoms with Gasteiger partial charge in [0.05, 0.1) is 11.5 Å². The van der Waals surface area contributed by atoms with Gasteiger partial charge in [0, 0.05) is 17.8 Å². The van der Waals surface area contributed by atoms with E-state index in [2.05, 4.69) is 20.5 Å². The highest BCUT2D eigenvalue weighted by atomic mass is 16.4. The minimum Gasteiger partial charge on any atom is -0.417 e. The van der Waals surface area contributed by atoms with Crippen molar-refractivity contribution in [2.24, 2.45) is 5.92 Å². The molecular formula is C28H29N5O4. The third-order valence-corrected chi connectivity index (χ3v) is 6.20. The summed E-state index contributed by atoms with van der Waals surface area (Å²) in [6.07, 6.45) is 1.41. The maximum absolute atomic E-state index is 13.3. The van der Waals surface area contributed by atoms with Gasteiger partial charge in [0.2, 0.25) is 17.6 Å². The Hall–Kier alpha value is -4.40. The van der Waals surface area contributed by atoms with Crippen molar-refractivity contribution >= 4 is 11.7 Å². The Balaban J connectivity index is 1.54. The molecule has 37 heavy (non-hydrogen) atoms. The molecule has 0 saturated carbocycles. The number of rotatable bonds is 9. The maximum atomic E-state index is 13.3. The van der Waals surface area contributed by atoms with Gasteiger partial charge < -0.3 is 9.73 Å². The summed E-state index contributed by atoms with van der Waals surface area (Å²) in [5.41, 5.74) is 0.672. The average Bonchev–Trinajstić information content (AvgIpc) is 3.40. The molecule has 0 fully saturated rings. The fraction of sp³-hybridized carbons (Fsp3) is 0.286. The number of Topliss-reactive ketones (excluding diaryl/α,β-unsaturated/α-hetero) is 1. The summed E-state index contributed by atoms with van der Waals surface area (Å²) in [6.45, 7) is 7.17. The molecule has 0 aliphatic carbocycles. The number of ketones is 1. The molecule has 1 amide bonds. The molecule has 9 nitrogen and oxygen atoms in total. The third kappa shape index (κ3) is 5.55. The van der Waals surface area contributed by atoms with Crippen molar-refractivity contribution in [3.8, 4) is 11.4 Å². The Kier molecular flexibility index (Phi) is 7.42. The van der Waals surface area contributed by atoms with Gasteiger partial charge in [-0.2, -0.15) is 0 Å². The van der Waals surface area contributed by atoms with Gasteiger partial charge in [0.25, 0.3) is 11.4 Å². The van der Waals surface area contributed by atoms with Crippen LogP contribution in [-0.2, 0) is 16.8 Å². The number of hydrogen-bond donors (Lipinski definition) is 1. The third-order valence-electron chi connectivity index (χ3n) is 6.20. The summed E-state index contributed by atoms with van der Waals surface area (Å²) in [5.74, 6) is -0.795. The highest BCUT2D eigenvalue weighted by Crippen LogP contribution is 2.30. The van der Waals surface area contributed by atoms with Gasteiger partial charge in [-0.05, 0) is 25.3 Å². The first kappa shape index (κ1) is 25.7. The lowest BCUT2D eigenvalue weighted by Crippen LogP contribution is -2.46. The van der Waals surface area contributed by atoms with Crippen LogP contribution in [0.2, 0.25) is 0 Å². The van der Waals surface area contributed by atoms with Gasteiger partial charge in [-0.3, -0.25) is 19.0 Å². The predicted molar refractivity (Wildman–Crippen MR) is 138 cm³/mol. The first-order valence-corrected chi connectivity index (χ1v) is 12.0. The van der Waals surface area contributed by atoms with Crippen LogP contribution in [0.15, 0.2) is 82.1 Å². The van der Waals surface area contributed by atoms with Crippen molar-refractivity contribution in [1.29, 1.82) is 0 Å².